The summed E-state index contributed by atoms with van der Waals surface area (Å²) in [6, 6.07) is 3.27. The minimum atomic E-state index is -0.423. The number of aromatic nitrogens is 1. The van der Waals surface area contributed by atoms with E-state index in [2.05, 4.69) is 9.72 Å². The van der Waals surface area contributed by atoms with Crippen molar-refractivity contribution in [1.29, 1.82) is 0 Å². The van der Waals surface area contributed by atoms with Gasteiger partial charge < -0.3 is 9.47 Å². The van der Waals surface area contributed by atoms with Crippen LogP contribution in [-0.4, -0.2) is 29.8 Å². The quantitative estimate of drug-likeness (QED) is 0.584. The monoisotopic (exact) mass is 241 g/mol. The molecule has 1 aromatic heterocycles. The van der Waals surface area contributed by atoms with E-state index in [0.717, 1.165) is 11.8 Å². The minimum absolute atomic E-state index is 0.127. The van der Waals surface area contributed by atoms with Gasteiger partial charge >= 0.3 is 11.9 Å². The van der Waals surface area contributed by atoms with Crippen molar-refractivity contribution in [1.82, 2.24) is 4.98 Å². The Morgan fingerprint density at radius 2 is 2.25 bits per heavy atom. The Balaban J connectivity index is 2.70. The molecule has 1 rings (SSSR count). The van der Waals surface area contributed by atoms with Crippen molar-refractivity contribution in [2.75, 3.05) is 12.9 Å². The molecule has 0 aliphatic carbocycles. The molecule has 0 saturated carbocycles. The molecule has 0 spiro atoms. The summed E-state index contributed by atoms with van der Waals surface area (Å²) in [5, 5.41) is 0.489. The highest BCUT2D eigenvalue weighted by molar-refractivity contribution is 8.00. The van der Waals surface area contributed by atoms with Crippen LogP contribution in [0, 0.1) is 0 Å². The van der Waals surface area contributed by atoms with Gasteiger partial charge in [-0.15, -0.1) is 0 Å². The van der Waals surface area contributed by atoms with Gasteiger partial charge in [-0.25, -0.2) is 4.98 Å². The zero-order valence-electron chi connectivity index (χ0n) is 8.93. The van der Waals surface area contributed by atoms with Crippen LogP contribution in [-0.2, 0) is 14.3 Å². The van der Waals surface area contributed by atoms with Crippen LogP contribution in [0.1, 0.15) is 6.92 Å². The number of hydrogen-bond donors (Lipinski definition) is 0. The lowest BCUT2D eigenvalue weighted by molar-refractivity contribution is -0.137. The topological polar surface area (TPSA) is 65.5 Å². The van der Waals surface area contributed by atoms with E-state index in [1.165, 1.54) is 14.0 Å². The molecule has 0 aromatic carbocycles. The van der Waals surface area contributed by atoms with E-state index in [-0.39, 0.29) is 11.7 Å². The van der Waals surface area contributed by atoms with Gasteiger partial charge in [0.1, 0.15) is 5.03 Å². The summed E-state index contributed by atoms with van der Waals surface area (Å²) in [6.45, 7) is 1.31. The van der Waals surface area contributed by atoms with E-state index in [1.54, 1.807) is 18.3 Å². The van der Waals surface area contributed by atoms with Crippen molar-refractivity contribution < 1.29 is 19.1 Å². The Bertz CT molecular complexity index is 394. The van der Waals surface area contributed by atoms with Crippen LogP contribution in [0.5, 0.6) is 5.75 Å². The average molecular weight is 241 g/mol. The second kappa shape index (κ2) is 6.12. The lowest BCUT2D eigenvalue weighted by atomic mass is 10.5. The Kier molecular flexibility index (Phi) is 4.78. The molecule has 0 aliphatic rings. The summed E-state index contributed by atoms with van der Waals surface area (Å²) >= 11 is 1.16. The first-order valence-corrected chi connectivity index (χ1v) is 5.45. The standard InChI is InChI=1S/C10H11NO4S/c1-7(12)15-8-4-3-5-11-10(8)16-6-9(13)14-2/h3-5H,6H2,1-2H3. The SMILES string of the molecule is COC(=O)CSc1ncccc1OC(C)=O. The Hall–Kier alpha value is -1.56. The molecule has 86 valence electrons. The van der Waals surface area contributed by atoms with E-state index < -0.39 is 5.97 Å². The molecule has 0 amide bonds. The first-order valence-electron chi connectivity index (χ1n) is 4.46. The normalized spacial score (nSPS) is 9.62. The number of methoxy groups -OCH3 is 1. The lowest BCUT2D eigenvalue weighted by Gasteiger charge is -2.06. The number of thioether (sulfide) groups is 1. The molecule has 0 unspecified atom stereocenters. The van der Waals surface area contributed by atoms with Crippen molar-refractivity contribution in [3.63, 3.8) is 0 Å². The number of hydrogen-bond acceptors (Lipinski definition) is 6. The van der Waals surface area contributed by atoms with Gasteiger partial charge in [-0.1, -0.05) is 11.8 Å². The van der Waals surface area contributed by atoms with Gasteiger partial charge in [-0.2, -0.15) is 0 Å². The Morgan fingerprint density at radius 1 is 1.50 bits per heavy atom. The molecule has 1 aromatic rings. The predicted molar refractivity (Wildman–Crippen MR) is 58.3 cm³/mol. The molecule has 1 heterocycles. The number of carbonyl (C=O) groups is 2. The molecule has 0 fully saturated rings. The number of ether oxygens (including phenoxy) is 2. The van der Waals surface area contributed by atoms with Crippen molar-refractivity contribution >= 4 is 23.7 Å². The van der Waals surface area contributed by atoms with Crippen LogP contribution in [0.2, 0.25) is 0 Å². The number of pyridine rings is 1. The number of esters is 2. The maximum atomic E-state index is 10.9. The largest absolute Gasteiger partial charge is 0.468 e. The van der Waals surface area contributed by atoms with E-state index >= 15 is 0 Å². The maximum absolute atomic E-state index is 10.9. The van der Waals surface area contributed by atoms with Gasteiger partial charge in [0.15, 0.2) is 5.75 Å². The lowest BCUT2D eigenvalue weighted by Crippen LogP contribution is -2.06. The zero-order chi connectivity index (χ0) is 12.0. The van der Waals surface area contributed by atoms with Crippen molar-refractivity contribution in [3.8, 4) is 5.75 Å². The highest BCUT2D eigenvalue weighted by Gasteiger charge is 2.10. The van der Waals surface area contributed by atoms with Crippen LogP contribution in [0.15, 0.2) is 23.4 Å². The van der Waals surface area contributed by atoms with Crippen molar-refractivity contribution in [2.24, 2.45) is 0 Å². The summed E-state index contributed by atoms with van der Waals surface area (Å²) in [5.74, 6) is -0.303. The van der Waals surface area contributed by atoms with E-state index in [1.807, 2.05) is 0 Å². The second-order valence-corrected chi connectivity index (χ2v) is 3.73. The highest BCUT2D eigenvalue weighted by Crippen LogP contribution is 2.26. The summed E-state index contributed by atoms with van der Waals surface area (Å²) in [7, 11) is 1.31. The summed E-state index contributed by atoms with van der Waals surface area (Å²) in [4.78, 5) is 25.8. The minimum Gasteiger partial charge on any atom is -0.468 e. The predicted octanol–water partition coefficient (Wildman–Crippen LogP) is 1.27. The van der Waals surface area contributed by atoms with Crippen LogP contribution < -0.4 is 4.74 Å². The van der Waals surface area contributed by atoms with Gasteiger partial charge in [-0.3, -0.25) is 9.59 Å². The van der Waals surface area contributed by atoms with Gasteiger partial charge in [0.05, 0.1) is 12.9 Å². The summed E-state index contributed by atoms with van der Waals surface area (Å²) in [6.07, 6.45) is 1.56. The van der Waals surface area contributed by atoms with E-state index in [0.29, 0.717) is 10.8 Å². The van der Waals surface area contributed by atoms with Gasteiger partial charge in [0.25, 0.3) is 0 Å². The van der Waals surface area contributed by atoms with E-state index in [4.69, 9.17) is 4.74 Å². The summed E-state index contributed by atoms with van der Waals surface area (Å²) in [5.41, 5.74) is 0. The fraction of sp³-hybridized carbons (Fsp3) is 0.300. The average Bonchev–Trinajstić information content (AvgIpc) is 2.26. The van der Waals surface area contributed by atoms with Crippen LogP contribution >= 0.6 is 11.8 Å². The second-order valence-electron chi connectivity index (χ2n) is 2.77. The first kappa shape index (κ1) is 12.5. The molecule has 0 saturated heterocycles. The van der Waals surface area contributed by atoms with Gasteiger partial charge in [0, 0.05) is 13.1 Å². The Labute approximate surface area is 97.1 Å². The third-order valence-corrected chi connectivity index (χ3v) is 2.50. The molecule has 0 radical (unpaired) electrons. The fourth-order valence-corrected chi connectivity index (χ4v) is 1.66. The number of carbonyl (C=O) groups excluding carboxylic acids is 2. The summed E-state index contributed by atoms with van der Waals surface area (Å²) < 4.78 is 9.43. The molecule has 0 atom stereocenters. The maximum Gasteiger partial charge on any atom is 0.316 e. The third-order valence-electron chi connectivity index (χ3n) is 1.54. The van der Waals surface area contributed by atoms with Crippen LogP contribution in [0.25, 0.3) is 0 Å². The molecule has 6 heteroatoms. The number of rotatable bonds is 4. The van der Waals surface area contributed by atoms with E-state index in [9.17, 15) is 9.59 Å². The van der Waals surface area contributed by atoms with Gasteiger partial charge in [0.2, 0.25) is 0 Å². The first-order chi connectivity index (χ1) is 7.63. The van der Waals surface area contributed by atoms with Crippen LogP contribution in [0.3, 0.4) is 0 Å². The molecule has 0 bridgehead atoms. The zero-order valence-corrected chi connectivity index (χ0v) is 9.74. The number of nitrogens with zero attached hydrogens (tertiary/aromatic N) is 1. The smallest absolute Gasteiger partial charge is 0.316 e. The molecule has 0 aliphatic heterocycles. The highest BCUT2D eigenvalue weighted by atomic mass is 32.2. The van der Waals surface area contributed by atoms with Gasteiger partial charge in [-0.05, 0) is 12.1 Å². The fourth-order valence-electron chi connectivity index (χ4n) is 0.903. The van der Waals surface area contributed by atoms with Crippen molar-refractivity contribution in [3.05, 3.63) is 18.3 Å². The Morgan fingerprint density at radius 3 is 2.88 bits per heavy atom. The third kappa shape index (κ3) is 3.90. The molecule has 16 heavy (non-hydrogen) atoms. The van der Waals surface area contributed by atoms with Crippen molar-refractivity contribution in [2.45, 2.75) is 11.9 Å². The molecule has 0 N–H and O–H groups in total. The molecular formula is C10H11NO4S. The van der Waals surface area contributed by atoms with Crippen LogP contribution in [0.4, 0.5) is 0 Å². The molecular weight excluding hydrogens is 230 g/mol. The molecule has 5 nitrogen and oxygen atoms in total.